The molecule has 1 atom stereocenters. The molecule has 3 heteroatoms. The highest BCUT2D eigenvalue weighted by Crippen LogP contribution is 2.42. The fourth-order valence-corrected chi connectivity index (χ4v) is 3.53. The van der Waals surface area contributed by atoms with Gasteiger partial charge in [0.2, 0.25) is 0 Å². The zero-order valence-corrected chi connectivity index (χ0v) is 12.0. The van der Waals surface area contributed by atoms with Crippen molar-refractivity contribution in [2.24, 2.45) is 0 Å². The molecule has 1 heterocycles. The summed E-state index contributed by atoms with van der Waals surface area (Å²) in [4.78, 5) is 0. The maximum atomic E-state index is 9.30. The van der Waals surface area contributed by atoms with Crippen LogP contribution >= 0.6 is 0 Å². The third kappa shape index (κ3) is 2.99. The summed E-state index contributed by atoms with van der Waals surface area (Å²) in [5.41, 5.74) is 1.00. The number of hydrogen-bond acceptors (Lipinski definition) is 3. The summed E-state index contributed by atoms with van der Waals surface area (Å²) in [6, 6.07) is 7.67. The lowest BCUT2D eigenvalue weighted by Crippen LogP contribution is -2.32. The minimum Gasteiger partial charge on any atom is -0.491 e. The van der Waals surface area contributed by atoms with Crippen molar-refractivity contribution in [1.82, 2.24) is 0 Å². The Balaban J connectivity index is 1.54. The molecular weight excluding hydrogens is 252 g/mol. The van der Waals surface area contributed by atoms with Crippen LogP contribution in [0.25, 0.3) is 0 Å². The van der Waals surface area contributed by atoms with Crippen LogP contribution in [0, 0.1) is 0 Å². The van der Waals surface area contributed by atoms with Crippen LogP contribution in [-0.4, -0.2) is 23.4 Å². The van der Waals surface area contributed by atoms with Crippen molar-refractivity contribution in [3.8, 4) is 5.75 Å². The number of hydrogen-bond donors (Lipinski definition) is 1. The van der Waals surface area contributed by atoms with Crippen LogP contribution < -0.4 is 4.74 Å². The van der Waals surface area contributed by atoms with E-state index in [2.05, 4.69) is 0 Å². The van der Waals surface area contributed by atoms with Crippen LogP contribution in [0.3, 0.4) is 0 Å². The predicted molar refractivity (Wildman–Crippen MR) is 77.8 cm³/mol. The SMILES string of the molecule is OCc1ccccc1OCC1CCC2(CCCCC2)O1. The third-order valence-corrected chi connectivity index (χ3v) is 4.67. The van der Waals surface area contributed by atoms with Gasteiger partial charge in [0, 0.05) is 5.56 Å². The van der Waals surface area contributed by atoms with E-state index in [0.29, 0.717) is 6.61 Å². The van der Waals surface area contributed by atoms with Crippen molar-refractivity contribution in [3.63, 3.8) is 0 Å². The van der Waals surface area contributed by atoms with Gasteiger partial charge in [-0.3, -0.25) is 0 Å². The number of aliphatic hydroxyl groups excluding tert-OH is 1. The first-order chi connectivity index (χ1) is 9.81. The summed E-state index contributed by atoms with van der Waals surface area (Å²) in [6.45, 7) is 0.615. The van der Waals surface area contributed by atoms with Crippen molar-refractivity contribution in [3.05, 3.63) is 29.8 Å². The van der Waals surface area contributed by atoms with Gasteiger partial charge in [0.05, 0.1) is 18.3 Å². The van der Waals surface area contributed by atoms with Gasteiger partial charge in [0.1, 0.15) is 12.4 Å². The van der Waals surface area contributed by atoms with Crippen molar-refractivity contribution in [1.29, 1.82) is 0 Å². The number of benzene rings is 1. The second kappa shape index (κ2) is 6.15. The van der Waals surface area contributed by atoms with Crippen molar-refractivity contribution in [2.45, 2.75) is 63.3 Å². The molecule has 0 radical (unpaired) electrons. The van der Waals surface area contributed by atoms with Gasteiger partial charge in [-0.2, -0.15) is 0 Å². The molecule has 0 aromatic heterocycles. The molecule has 3 rings (SSSR count). The predicted octanol–water partition coefficient (Wildman–Crippen LogP) is 3.44. The van der Waals surface area contributed by atoms with Gasteiger partial charge in [-0.05, 0) is 31.7 Å². The first kappa shape index (κ1) is 13.9. The lowest BCUT2D eigenvalue weighted by atomic mass is 9.83. The number of para-hydroxylation sites is 1. The van der Waals surface area contributed by atoms with Crippen molar-refractivity contribution >= 4 is 0 Å². The Morgan fingerprint density at radius 2 is 1.95 bits per heavy atom. The second-order valence-corrected chi connectivity index (χ2v) is 6.10. The average Bonchev–Trinajstić information content (AvgIpc) is 2.89. The molecule has 20 heavy (non-hydrogen) atoms. The molecule has 1 saturated heterocycles. The van der Waals surface area contributed by atoms with E-state index in [1.54, 1.807) is 0 Å². The van der Waals surface area contributed by atoms with E-state index in [4.69, 9.17) is 9.47 Å². The highest BCUT2D eigenvalue weighted by Gasteiger charge is 2.40. The van der Waals surface area contributed by atoms with E-state index >= 15 is 0 Å². The van der Waals surface area contributed by atoms with Gasteiger partial charge in [-0.15, -0.1) is 0 Å². The molecule has 0 amide bonds. The Bertz CT molecular complexity index is 438. The maximum Gasteiger partial charge on any atom is 0.124 e. The minimum atomic E-state index is 0.0195. The van der Waals surface area contributed by atoms with E-state index in [-0.39, 0.29) is 18.3 Å². The first-order valence-corrected chi connectivity index (χ1v) is 7.81. The molecule has 1 aromatic carbocycles. The topological polar surface area (TPSA) is 38.7 Å². The Hall–Kier alpha value is -1.06. The highest BCUT2D eigenvalue weighted by atomic mass is 16.6. The quantitative estimate of drug-likeness (QED) is 0.915. The standard InChI is InChI=1S/C17H24O3/c18-12-14-6-2-3-7-16(14)19-13-15-8-11-17(20-15)9-4-1-5-10-17/h2-3,6-7,15,18H,1,4-5,8-13H2. The second-order valence-electron chi connectivity index (χ2n) is 6.10. The molecular formula is C17H24O3. The molecule has 1 aliphatic heterocycles. The normalized spacial score (nSPS) is 24.9. The minimum absolute atomic E-state index is 0.0195. The van der Waals surface area contributed by atoms with Crippen LogP contribution in [-0.2, 0) is 11.3 Å². The van der Waals surface area contributed by atoms with Gasteiger partial charge < -0.3 is 14.6 Å². The summed E-state index contributed by atoms with van der Waals surface area (Å²) >= 11 is 0. The molecule has 2 aliphatic rings. The van der Waals surface area contributed by atoms with Crippen LogP contribution in [0.4, 0.5) is 0 Å². The summed E-state index contributed by atoms with van der Waals surface area (Å²) in [6.07, 6.45) is 8.90. The molecule has 0 bridgehead atoms. The van der Waals surface area contributed by atoms with Gasteiger partial charge in [-0.1, -0.05) is 37.5 Å². The Morgan fingerprint density at radius 1 is 1.15 bits per heavy atom. The molecule has 3 nitrogen and oxygen atoms in total. The molecule has 110 valence electrons. The van der Waals surface area contributed by atoms with E-state index in [9.17, 15) is 5.11 Å². The summed E-state index contributed by atoms with van der Waals surface area (Å²) < 4.78 is 12.2. The van der Waals surface area contributed by atoms with E-state index in [1.807, 2.05) is 24.3 Å². The van der Waals surface area contributed by atoms with Crippen LogP contribution in [0.1, 0.15) is 50.5 Å². The van der Waals surface area contributed by atoms with Gasteiger partial charge in [-0.25, -0.2) is 0 Å². The van der Waals surface area contributed by atoms with Gasteiger partial charge >= 0.3 is 0 Å². The molecule has 1 aliphatic carbocycles. The molecule has 1 spiro atoms. The fourth-order valence-electron chi connectivity index (χ4n) is 3.53. The molecule has 1 aromatic rings. The number of aliphatic hydroxyl groups is 1. The smallest absolute Gasteiger partial charge is 0.124 e. The third-order valence-electron chi connectivity index (χ3n) is 4.67. The highest BCUT2D eigenvalue weighted by molar-refractivity contribution is 5.32. The first-order valence-electron chi connectivity index (χ1n) is 7.81. The number of ether oxygens (including phenoxy) is 2. The summed E-state index contributed by atoms with van der Waals surface area (Å²) in [5, 5.41) is 9.30. The van der Waals surface area contributed by atoms with E-state index in [0.717, 1.165) is 17.7 Å². The van der Waals surface area contributed by atoms with Gasteiger partial charge in [0.15, 0.2) is 0 Å². The average molecular weight is 276 g/mol. The molecule has 1 N–H and O–H groups in total. The Kier molecular flexibility index (Phi) is 4.27. The van der Waals surface area contributed by atoms with E-state index in [1.165, 1.54) is 38.5 Å². The fraction of sp³-hybridized carbons (Fsp3) is 0.647. The van der Waals surface area contributed by atoms with Crippen molar-refractivity contribution < 1.29 is 14.6 Å². The summed E-state index contributed by atoms with van der Waals surface area (Å²) in [5.74, 6) is 0.781. The molecule has 1 saturated carbocycles. The lowest BCUT2D eigenvalue weighted by Gasteiger charge is -2.33. The van der Waals surface area contributed by atoms with Crippen LogP contribution in [0.15, 0.2) is 24.3 Å². The monoisotopic (exact) mass is 276 g/mol. The van der Waals surface area contributed by atoms with Crippen LogP contribution in [0.5, 0.6) is 5.75 Å². The summed E-state index contributed by atoms with van der Waals surface area (Å²) in [7, 11) is 0. The van der Waals surface area contributed by atoms with Gasteiger partial charge in [0.25, 0.3) is 0 Å². The van der Waals surface area contributed by atoms with Crippen LogP contribution in [0.2, 0.25) is 0 Å². The molecule has 2 fully saturated rings. The zero-order chi connectivity index (χ0) is 13.8. The Morgan fingerprint density at radius 3 is 2.75 bits per heavy atom. The van der Waals surface area contributed by atoms with Crippen molar-refractivity contribution in [2.75, 3.05) is 6.61 Å². The Labute approximate surface area is 120 Å². The lowest BCUT2D eigenvalue weighted by molar-refractivity contribution is -0.0749. The molecule has 1 unspecified atom stereocenters. The number of rotatable bonds is 4. The maximum absolute atomic E-state index is 9.30. The van der Waals surface area contributed by atoms with E-state index < -0.39 is 0 Å². The zero-order valence-electron chi connectivity index (χ0n) is 12.0. The largest absolute Gasteiger partial charge is 0.491 e.